The minimum atomic E-state index is -0.272. The number of amides is 1. The molecular weight excluding hydrogens is 308 g/mol. The number of methoxy groups -OCH3 is 1. The third-order valence-electron chi connectivity index (χ3n) is 5.12. The molecule has 6 nitrogen and oxygen atoms in total. The van der Waals surface area contributed by atoms with E-state index in [1.54, 1.807) is 12.0 Å². The van der Waals surface area contributed by atoms with Crippen LogP contribution in [0.3, 0.4) is 0 Å². The van der Waals surface area contributed by atoms with Crippen molar-refractivity contribution in [2.45, 2.75) is 12.0 Å². The summed E-state index contributed by atoms with van der Waals surface area (Å²) < 4.78 is 10.2. The number of fused-ring (bicyclic) bond motifs is 1. The SMILES string of the molecule is COCCOC(=O)N1CCN2C[C@@H](CO)[C@H](c3ccccc3)[C@H]2C1. The maximum atomic E-state index is 12.2. The molecule has 0 spiro atoms. The molecule has 0 radical (unpaired) electrons. The second-order valence-corrected chi connectivity index (χ2v) is 6.49. The molecule has 0 aliphatic carbocycles. The lowest BCUT2D eigenvalue weighted by Crippen LogP contribution is -2.53. The van der Waals surface area contributed by atoms with Gasteiger partial charge in [-0.05, 0) is 5.56 Å². The summed E-state index contributed by atoms with van der Waals surface area (Å²) in [4.78, 5) is 16.4. The second-order valence-electron chi connectivity index (χ2n) is 6.49. The molecule has 3 atom stereocenters. The molecule has 2 aliphatic rings. The Bertz CT molecular complexity index is 539. The number of benzene rings is 1. The molecule has 0 bridgehead atoms. The molecule has 1 amide bonds. The van der Waals surface area contributed by atoms with Crippen molar-refractivity contribution in [3.63, 3.8) is 0 Å². The molecule has 6 heteroatoms. The van der Waals surface area contributed by atoms with Gasteiger partial charge in [-0.1, -0.05) is 30.3 Å². The molecule has 1 aromatic carbocycles. The topological polar surface area (TPSA) is 62.2 Å². The van der Waals surface area contributed by atoms with Crippen LogP contribution >= 0.6 is 0 Å². The van der Waals surface area contributed by atoms with Crippen LogP contribution in [0.1, 0.15) is 11.5 Å². The summed E-state index contributed by atoms with van der Waals surface area (Å²) in [5.41, 5.74) is 1.23. The summed E-state index contributed by atoms with van der Waals surface area (Å²) in [7, 11) is 1.59. The highest BCUT2D eigenvalue weighted by Crippen LogP contribution is 2.39. The van der Waals surface area contributed by atoms with Gasteiger partial charge in [0.1, 0.15) is 6.61 Å². The van der Waals surface area contributed by atoms with Gasteiger partial charge >= 0.3 is 6.09 Å². The zero-order valence-corrected chi connectivity index (χ0v) is 14.1. The number of piperazine rings is 1. The fraction of sp³-hybridized carbons (Fsp3) is 0.611. The first-order chi connectivity index (χ1) is 11.7. The number of hydrogen-bond acceptors (Lipinski definition) is 5. The van der Waals surface area contributed by atoms with Crippen LogP contribution in [0, 0.1) is 5.92 Å². The predicted octanol–water partition coefficient (Wildman–Crippen LogP) is 1.16. The maximum Gasteiger partial charge on any atom is 0.409 e. The summed E-state index contributed by atoms with van der Waals surface area (Å²) in [5, 5.41) is 9.82. The number of carbonyl (C=O) groups excluding carboxylic acids is 1. The van der Waals surface area contributed by atoms with E-state index in [1.165, 1.54) is 5.56 Å². The van der Waals surface area contributed by atoms with Gasteiger partial charge in [0, 0.05) is 57.8 Å². The second kappa shape index (κ2) is 7.96. The number of rotatable bonds is 5. The van der Waals surface area contributed by atoms with Gasteiger partial charge in [0.05, 0.1) is 6.61 Å². The molecule has 2 aliphatic heterocycles. The van der Waals surface area contributed by atoms with Crippen molar-refractivity contribution < 1.29 is 19.4 Å². The monoisotopic (exact) mass is 334 g/mol. The van der Waals surface area contributed by atoms with Gasteiger partial charge in [-0.2, -0.15) is 0 Å². The zero-order chi connectivity index (χ0) is 16.9. The van der Waals surface area contributed by atoms with Crippen molar-refractivity contribution in [1.29, 1.82) is 0 Å². The molecule has 2 fully saturated rings. The van der Waals surface area contributed by atoms with E-state index in [0.29, 0.717) is 19.7 Å². The van der Waals surface area contributed by atoms with Crippen molar-refractivity contribution in [3.05, 3.63) is 35.9 Å². The van der Waals surface area contributed by atoms with E-state index in [4.69, 9.17) is 9.47 Å². The first kappa shape index (κ1) is 17.2. The lowest BCUT2D eigenvalue weighted by molar-refractivity contribution is 0.0463. The molecular formula is C18H26N2O4. The first-order valence-electron chi connectivity index (χ1n) is 8.55. The van der Waals surface area contributed by atoms with Crippen LogP contribution in [-0.4, -0.2) is 80.2 Å². The quantitative estimate of drug-likeness (QED) is 0.819. The Morgan fingerprint density at radius 3 is 2.71 bits per heavy atom. The van der Waals surface area contributed by atoms with E-state index in [-0.39, 0.29) is 37.2 Å². The van der Waals surface area contributed by atoms with Gasteiger partial charge in [0.25, 0.3) is 0 Å². The summed E-state index contributed by atoms with van der Waals surface area (Å²) in [6.45, 7) is 3.88. The zero-order valence-electron chi connectivity index (χ0n) is 14.1. The minimum Gasteiger partial charge on any atom is -0.447 e. The molecule has 2 heterocycles. The van der Waals surface area contributed by atoms with Gasteiger partial charge in [0.15, 0.2) is 0 Å². The summed E-state index contributed by atoms with van der Waals surface area (Å²) in [6.07, 6.45) is -0.272. The average molecular weight is 334 g/mol. The van der Waals surface area contributed by atoms with Crippen molar-refractivity contribution in [2.75, 3.05) is 53.1 Å². The molecule has 0 saturated carbocycles. The molecule has 3 rings (SSSR count). The van der Waals surface area contributed by atoms with Crippen LogP contribution in [0.25, 0.3) is 0 Å². The average Bonchev–Trinajstić information content (AvgIpc) is 3.00. The van der Waals surface area contributed by atoms with Crippen LogP contribution in [0.15, 0.2) is 30.3 Å². The smallest absolute Gasteiger partial charge is 0.409 e. The lowest BCUT2D eigenvalue weighted by Gasteiger charge is -2.39. The predicted molar refractivity (Wildman–Crippen MR) is 89.9 cm³/mol. The van der Waals surface area contributed by atoms with E-state index in [1.807, 2.05) is 18.2 Å². The van der Waals surface area contributed by atoms with Gasteiger partial charge in [0.2, 0.25) is 0 Å². The highest BCUT2D eigenvalue weighted by atomic mass is 16.6. The molecule has 1 aromatic rings. The maximum absolute atomic E-state index is 12.2. The Morgan fingerprint density at radius 2 is 2.00 bits per heavy atom. The fourth-order valence-corrected chi connectivity index (χ4v) is 3.95. The standard InChI is InChI=1S/C18H26N2O4/c1-23-9-10-24-18(22)20-8-7-19-11-15(13-21)17(16(19)12-20)14-5-3-2-4-6-14/h2-6,15-17,21H,7-13H2,1H3/t15-,16+,17-/m0/s1. The van der Waals surface area contributed by atoms with Crippen molar-refractivity contribution in [2.24, 2.45) is 5.92 Å². The van der Waals surface area contributed by atoms with Gasteiger partial charge in [-0.25, -0.2) is 4.79 Å². The molecule has 2 saturated heterocycles. The molecule has 132 valence electrons. The third kappa shape index (κ3) is 3.55. The number of aliphatic hydroxyl groups excluding tert-OH is 1. The number of ether oxygens (including phenoxy) is 2. The number of hydrogen-bond donors (Lipinski definition) is 1. The van der Waals surface area contributed by atoms with Crippen LogP contribution in [0.2, 0.25) is 0 Å². The largest absolute Gasteiger partial charge is 0.447 e. The summed E-state index contributed by atoms with van der Waals surface area (Å²) >= 11 is 0. The van der Waals surface area contributed by atoms with Gasteiger partial charge in [-0.3, -0.25) is 4.90 Å². The molecule has 0 aromatic heterocycles. The number of nitrogens with zero attached hydrogens (tertiary/aromatic N) is 2. The molecule has 1 N–H and O–H groups in total. The Kier molecular flexibility index (Phi) is 5.71. The Balaban J connectivity index is 1.70. The summed E-state index contributed by atoms with van der Waals surface area (Å²) in [5.74, 6) is 0.452. The number of carbonyl (C=O) groups is 1. The van der Waals surface area contributed by atoms with Crippen molar-refractivity contribution >= 4 is 6.09 Å². The van der Waals surface area contributed by atoms with Crippen molar-refractivity contribution in [3.8, 4) is 0 Å². The van der Waals surface area contributed by atoms with Gasteiger partial charge in [-0.15, -0.1) is 0 Å². The van der Waals surface area contributed by atoms with Gasteiger partial charge < -0.3 is 19.5 Å². The Morgan fingerprint density at radius 1 is 1.21 bits per heavy atom. The highest BCUT2D eigenvalue weighted by Gasteiger charge is 2.45. The Labute approximate surface area is 143 Å². The van der Waals surface area contributed by atoms with Crippen LogP contribution in [0.4, 0.5) is 4.79 Å². The third-order valence-corrected chi connectivity index (χ3v) is 5.12. The van der Waals surface area contributed by atoms with E-state index in [0.717, 1.165) is 13.1 Å². The minimum absolute atomic E-state index is 0.171. The molecule has 24 heavy (non-hydrogen) atoms. The van der Waals surface area contributed by atoms with Crippen molar-refractivity contribution in [1.82, 2.24) is 9.80 Å². The normalized spacial score (nSPS) is 27.1. The fourth-order valence-electron chi connectivity index (χ4n) is 3.95. The van der Waals surface area contributed by atoms with Crippen LogP contribution < -0.4 is 0 Å². The lowest BCUT2D eigenvalue weighted by atomic mass is 9.84. The summed E-state index contributed by atoms with van der Waals surface area (Å²) in [6, 6.07) is 10.5. The van der Waals surface area contributed by atoms with Crippen LogP contribution in [0.5, 0.6) is 0 Å². The highest BCUT2D eigenvalue weighted by molar-refractivity contribution is 5.67. The Hall–Kier alpha value is -1.63. The van der Waals surface area contributed by atoms with E-state index >= 15 is 0 Å². The first-order valence-corrected chi connectivity index (χ1v) is 8.55. The number of aliphatic hydroxyl groups is 1. The van der Waals surface area contributed by atoms with E-state index < -0.39 is 0 Å². The van der Waals surface area contributed by atoms with E-state index in [9.17, 15) is 9.90 Å². The van der Waals surface area contributed by atoms with E-state index in [2.05, 4.69) is 17.0 Å². The molecule has 0 unspecified atom stereocenters. The van der Waals surface area contributed by atoms with Crippen LogP contribution in [-0.2, 0) is 9.47 Å².